The second-order valence-electron chi connectivity index (χ2n) is 6.72. The molecule has 3 aromatic carbocycles. The van der Waals surface area contributed by atoms with Crippen molar-refractivity contribution in [1.82, 2.24) is 0 Å². The first-order chi connectivity index (χ1) is 15.6. The van der Waals surface area contributed by atoms with Gasteiger partial charge < -0.3 is 15.4 Å². The number of hydrogen-bond acceptors (Lipinski definition) is 5. The van der Waals surface area contributed by atoms with Gasteiger partial charge in [-0.2, -0.15) is 13.2 Å². The first-order valence-corrected chi connectivity index (χ1v) is 11.3. The van der Waals surface area contributed by atoms with Crippen molar-refractivity contribution in [3.8, 4) is 5.75 Å². The van der Waals surface area contributed by atoms with Crippen molar-refractivity contribution in [2.24, 2.45) is 0 Å². The number of carbonyl (C=O) groups is 1. The number of methoxy groups -OCH3 is 1. The first kappa shape index (κ1) is 24.4. The molecule has 6 nitrogen and oxygen atoms in total. The predicted molar refractivity (Wildman–Crippen MR) is 118 cm³/mol. The van der Waals surface area contributed by atoms with E-state index in [1.807, 2.05) is 0 Å². The standard InChI is InChI=1S/C22H18ClF3N2O4S/c1-32-18-12-11-17(21(20(18)23)33(30,31)14-7-3-2-4-8-14)27-13-19(29)28-16-10-6-5-9-15(16)22(24,25)26/h2-12,27H,13H2,1H3,(H,28,29). The van der Waals surface area contributed by atoms with Crippen LogP contribution in [0.2, 0.25) is 5.02 Å². The second-order valence-corrected chi connectivity index (χ2v) is 8.98. The minimum atomic E-state index is -4.66. The maximum atomic E-state index is 13.2. The van der Waals surface area contributed by atoms with E-state index in [2.05, 4.69) is 10.6 Å². The number of benzene rings is 3. The number of para-hydroxylation sites is 1. The van der Waals surface area contributed by atoms with Gasteiger partial charge in [-0.1, -0.05) is 41.9 Å². The lowest BCUT2D eigenvalue weighted by atomic mass is 10.1. The van der Waals surface area contributed by atoms with Crippen LogP contribution in [0.4, 0.5) is 24.5 Å². The molecule has 1 amide bonds. The van der Waals surface area contributed by atoms with Crippen LogP contribution in [0.3, 0.4) is 0 Å². The molecule has 0 aromatic heterocycles. The number of anilines is 2. The van der Waals surface area contributed by atoms with Gasteiger partial charge in [0.15, 0.2) is 0 Å². The Hall–Kier alpha value is -3.24. The molecule has 3 rings (SSSR count). The van der Waals surface area contributed by atoms with Crippen LogP contribution >= 0.6 is 11.6 Å². The van der Waals surface area contributed by atoms with E-state index in [1.54, 1.807) is 18.2 Å². The molecule has 0 aliphatic carbocycles. The van der Waals surface area contributed by atoms with E-state index in [0.29, 0.717) is 0 Å². The second kappa shape index (κ2) is 9.72. The molecule has 0 atom stereocenters. The lowest BCUT2D eigenvalue weighted by molar-refractivity contribution is -0.137. The number of sulfone groups is 1. The largest absolute Gasteiger partial charge is 0.495 e. The fourth-order valence-electron chi connectivity index (χ4n) is 3.02. The molecular weight excluding hydrogens is 481 g/mol. The van der Waals surface area contributed by atoms with Crippen LogP contribution in [-0.4, -0.2) is 28.0 Å². The lowest BCUT2D eigenvalue weighted by Crippen LogP contribution is -2.24. The first-order valence-electron chi connectivity index (χ1n) is 9.42. The minimum absolute atomic E-state index is 0.0103. The molecule has 0 unspecified atom stereocenters. The quantitative estimate of drug-likeness (QED) is 0.465. The molecule has 0 aliphatic rings. The normalized spacial score (nSPS) is 11.7. The van der Waals surface area contributed by atoms with Crippen molar-refractivity contribution < 1.29 is 31.1 Å². The average molecular weight is 499 g/mol. The van der Waals surface area contributed by atoms with Gasteiger partial charge in [0.1, 0.15) is 15.7 Å². The molecule has 0 aliphatic heterocycles. The number of ether oxygens (including phenoxy) is 1. The molecule has 0 bridgehead atoms. The Labute approximate surface area is 193 Å². The highest BCUT2D eigenvalue weighted by Crippen LogP contribution is 2.40. The summed E-state index contributed by atoms with van der Waals surface area (Å²) in [6.45, 7) is -0.522. The van der Waals surface area contributed by atoms with E-state index in [0.717, 1.165) is 12.1 Å². The van der Waals surface area contributed by atoms with E-state index in [-0.39, 0.29) is 26.3 Å². The fourth-order valence-corrected chi connectivity index (χ4v) is 5.09. The van der Waals surface area contributed by atoms with Crippen molar-refractivity contribution in [1.29, 1.82) is 0 Å². The van der Waals surface area contributed by atoms with Gasteiger partial charge in [0.2, 0.25) is 15.7 Å². The van der Waals surface area contributed by atoms with Gasteiger partial charge in [0.05, 0.1) is 35.5 Å². The van der Waals surface area contributed by atoms with Gasteiger partial charge >= 0.3 is 6.18 Å². The van der Waals surface area contributed by atoms with E-state index >= 15 is 0 Å². The van der Waals surface area contributed by atoms with E-state index < -0.39 is 39.7 Å². The van der Waals surface area contributed by atoms with Crippen LogP contribution in [0, 0.1) is 0 Å². The smallest absolute Gasteiger partial charge is 0.418 e. The summed E-state index contributed by atoms with van der Waals surface area (Å²) in [5.41, 5.74) is -1.43. The van der Waals surface area contributed by atoms with Crippen LogP contribution in [-0.2, 0) is 20.8 Å². The van der Waals surface area contributed by atoms with Crippen molar-refractivity contribution in [2.45, 2.75) is 16.0 Å². The summed E-state index contributed by atoms with van der Waals surface area (Å²) in [7, 11) is -2.80. The Bertz CT molecular complexity index is 1270. The highest BCUT2D eigenvalue weighted by molar-refractivity contribution is 7.91. The van der Waals surface area contributed by atoms with Crippen LogP contribution in [0.1, 0.15) is 5.56 Å². The summed E-state index contributed by atoms with van der Waals surface area (Å²) >= 11 is 6.29. The number of rotatable bonds is 7. The summed E-state index contributed by atoms with van der Waals surface area (Å²) < 4.78 is 71.0. The zero-order valence-electron chi connectivity index (χ0n) is 17.1. The number of alkyl halides is 3. The zero-order chi connectivity index (χ0) is 24.2. The topological polar surface area (TPSA) is 84.5 Å². The number of hydrogen-bond donors (Lipinski definition) is 2. The van der Waals surface area contributed by atoms with Crippen LogP contribution in [0.25, 0.3) is 0 Å². The van der Waals surface area contributed by atoms with E-state index in [4.69, 9.17) is 16.3 Å². The third kappa shape index (κ3) is 5.40. The summed E-state index contributed by atoms with van der Waals surface area (Å²) in [6.07, 6.45) is -4.66. The van der Waals surface area contributed by atoms with Gasteiger partial charge in [-0.3, -0.25) is 4.79 Å². The maximum absolute atomic E-state index is 13.2. The molecule has 0 spiro atoms. The number of halogens is 4. The van der Waals surface area contributed by atoms with Crippen molar-refractivity contribution in [3.63, 3.8) is 0 Å². The van der Waals surface area contributed by atoms with E-state index in [1.165, 1.54) is 43.5 Å². The van der Waals surface area contributed by atoms with Crippen molar-refractivity contribution >= 4 is 38.7 Å². The lowest BCUT2D eigenvalue weighted by Gasteiger charge is -2.17. The van der Waals surface area contributed by atoms with Crippen LogP contribution in [0.15, 0.2) is 76.5 Å². The van der Waals surface area contributed by atoms with Gasteiger partial charge in [-0.25, -0.2) is 8.42 Å². The fraction of sp³-hybridized carbons (Fsp3) is 0.136. The van der Waals surface area contributed by atoms with Crippen LogP contribution in [0.5, 0.6) is 5.75 Å². The summed E-state index contributed by atoms with van der Waals surface area (Å²) in [4.78, 5) is 12.0. The van der Waals surface area contributed by atoms with Gasteiger partial charge in [0, 0.05) is 0 Å². The van der Waals surface area contributed by atoms with E-state index in [9.17, 15) is 26.4 Å². The Morgan fingerprint density at radius 3 is 2.24 bits per heavy atom. The Morgan fingerprint density at radius 2 is 1.61 bits per heavy atom. The van der Waals surface area contributed by atoms with Crippen LogP contribution < -0.4 is 15.4 Å². The molecule has 0 saturated carbocycles. The highest BCUT2D eigenvalue weighted by Gasteiger charge is 2.33. The molecular formula is C22H18ClF3N2O4S. The molecule has 0 heterocycles. The SMILES string of the molecule is COc1ccc(NCC(=O)Nc2ccccc2C(F)(F)F)c(S(=O)(=O)c2ccccc2)c1Cl. The molecule has 0 radical (unpaired) electrons. The van der Waals surface area contributed by atoms with Gasteiger partial charge in [-0.05, 0) is 36.4 Å². The zero-order valence-corrected chi connectivity index (χ0v) is 18.7. The molecule has 174 valence electrons. The molecule has 0 fully saturated rings. The van der Waals surface area contributed by atoms with Crippen molar-refractivity contribution in [3.05, 3.63) is 77.3 Å². The maximum Gasteiger partial charge on any atom is 0.418 e. The Balaban J connectivity index is 1.90. The van der Waals surface area contributed by atoms with Gasteiger partial charge in [-0.15, -0.1) is 0 Å². The molecule has 2 N–H and O–H groups in total. The monoisotopic (exact) mass is 498 g/mol. The summed E-state index contributed by atoms with van der Waals surface area (Å²) in [5, 5.41) is 4.63. The molecule has 3 aromatic rings. The predicted octanol–water partition coefficient (Wildman–Crippen LogP) is 5.25. The van der Waals surface area contributed by atoms with Crippen molar-refractivity contribution in [2.75, 3.05) is 24.3 Å². The third-order valence-corrected chi connectivity index (χ3v) is 6.89. The molecule has 33 heavy (non-hydrogen) atoms. The number of carbonyl (C=O) groups excluding carboxylic acids is 1. The number of nitrogens with one attached hydrogen (secondary N) is 2. The summed E-state index contributed by atoms with van der Waals surface area (Å²) in [5.74, 6) is -0.720. The summed E-state index contributed by atoms with van der Waals surface area (Å²) in [6, 6.07) is 14.8. The molecule has 11 heteroatoms. The Morgan fingerprint density at radius 1 is 0.970 bits per heavy atom. The van der Waals surface area contributed by atoms with Gasteiger partial charge in [0.25, 0.3) is 0 Å². The third-order valence-electron chi connectivity index (χ3n) is 4.55. The highest BCUT2D eigenvalue weighted by atomic mass is 35.5. The molecule has 0 saturated heterocycles. The minimum Gasteiger partial charge on any atom is -0.495 e. The Kier molecular flexibility index (Phi) is 7.19. The average Bonchev–Trinajstić information content (AvgIpc) is 2.77. The number of amides is 1.